The molecule has 156 valence electrons. The maximum atomic E-state index is 6.42. The summed E-state index contributed by atoms with van der Waals surface area (Å²) in [6.45, 7) is 11.7. The van der Waals surface area contributed by atoms with Crippen LogP contribution in [-0.2, 0) is 13.9 Å². The number of nitrogen functional groups attached to an aromatic ring is 1. The minimum atomic E-state index is -1.87. The van der Waals surface area contributed by atoms with Crippen molar-refractivity contribution in [2.75, 3.05) is 24.5 Å². The molecule has 8 nitrogen and oxygen atoms in total. The van der Waals surface area contributed by atoms with Gasteiger partial charge in [0, 0.05) is 6.42 Å². The standard InChI is InChI=1S/C18H31N5O3SSi/c1-18(2,3)28(5,6)25-8-13-12(24-11-27-4)7-14(26-13)23-10-22-15-16(19)20-9-21-17(15)23/h9-10,12-14H,7-8,11H2,1-6H3,(H2,19,20,21)/t12-,13+,14+/m0/s1. The van der Waals surface area contributed by atoms with E-state index in [-0.39, 0.29) is 23.5 Å². The monoisotopic (exact) mass is 425 g/mol. The van der Waals surface area contributed by atoms with Gasteiger partial charge in [-0.05, 0) is 24.4 Å². The topological polar surface area (TPSA) is 97.3 Å². The Hall–Kier alpha value is -1.20. The van der Waals surface area contributed by atoms with Crippen LogP contribution in [0.15, 0.2) is 12.7 Å². The van der Waals surface area contributed by atoms with E-state index >= 15 is 0 Å². The number of thioether (sulfide) groups is 1. The van der Waals surface area contributed by atoms with E-state index in [4.69, 9.17) is 19.6 Å². The maximum Gasteiger partial charge on any atom is 0.192 e. The number of imidazole rings is 1. The van der Waals surface area contributed by atoms with E-state index in [1.54, 1.807) is 18.1 Å². The molecule has 1 aliphatic heterocycles. The molecule has 0 amide bonds. The van der Waals surface area contributed by atoms with Crippen molar-refractivity contribution in [1.29, 1.82) is 0 Å². The third-order valence-corrected chi connectivity index (χ3v) is 10.6. The van der Waals surface area contributed by atoms with Crippen LogP contribution in [0.25, 0.3) is 11.2 Å². The summed E-state index contributed by atoms with van der Waals surface area (Å²) in [4.78, 5) is 12.7. The fourth-order valence-electron chi connectivity index (χ4n) is 2.94. The number of nitrogens with two attached hydrogens (primary N) is 1. The summed E-state index contributed by atoms with van der Waals surface area (Å²) in [7, 11) is -1.87. The van der Waals surface area contributed by atoms with Crippen molar-refractivity contribution in [3.63, 3.8) is 0 Å². The number of anilines is 1. The van der Waals surface area contributed by atoms with E-state index in [0.717, 1.165) is 0 Å². The van der Waals surface area contributed by atoms with Crippen LogP contribution < -0.4 is 5.73 Å². The summed E-state index contributed by atoms with van der Waals surface area (Å²) in [5, 5.41) is 0.148. The fourth-order valence-corrected chi connectivity index (χ4v) is 4.26. The number of rotatable bonds is 7. The first-order valence-corrected chi connectivity index (χ1v) is 13.8. The van der Waals surface area contributed by atoms with Gasteiger partial charge in [0.15, 0.2) is 19.8 Å². The molecular formula is C18H31N5O3SSi. The lowest BCUT2D eigenvalue weighted by atomic mass is 10.2. The second-order valence-corrected chi connectivity index (χ2v) is 14.3. The summed E-state index contributed by atoms with van der Waals surface area (Å²) in [6, 6.07) is 0. The van der Waals surface area contributed by atoms with Crippen LogP contribution in [0, 0.1) is 0 Å². The molecule has 2 aromatic heterocycles. The highest BCUT2D eigenvalue weighted by Gasteiger charge is 2.42. The first kappa shape index (κ1) is 21.5. The van der Waals surface area contributed by atoms with E-state index < -0.39 is 8.32 Å². The largest absolute Gasteiger partial charge is 0.414 e. The zero-order valence-electron chi connectivity index (χ0n) is 17.5. The second kappa shape index (κ2) is 8.27. The molecule has 2 aromatic rings. The highest BCUT2D eigenvalue weighted by Crippen LogP contribution is 2.38. The van der Waals surface area contributed by atoms with Crippen LogP contribution in [0.3, 0.4) is 0 Å². The SMILES string of the molecule is CSCO[C@H]1C[C@H](n2cnc3c(N)ncnc32)O[C@@H]1CO[Si](C)(C)C(C)(C)C. The predicted molar refractivity (Wildman–Crippen MR) is 115 cm³/mol. The van der Waals surface area contributed by atoms with Crippen molar-refractivity contribution in [3.05, 3.63) is 12.7 Å². The third kappa shape index (κ3) is 4.35. The molecule has 0 aliphatic carbocycles. The summed E-state index contributed by atoms with van der Waals surface area (Å²) >= 11 is 1.66. The third-order valence-electron chi connectivity index (χ3n) is 5.69. The van der Waals surface area contributed by atoms with E-state index in [1.807, 2.05) is 10.8 Å². The van der Waals surface area contributed by atoms with Crippen molar-refractivity contribution in [1.82, 2.24) is 19.5 Å². The van der Waals surface area contributed by atoms with Gasteiger partial charge in [0.25, 0.3) is 0 Å². The van der Waals surface area contributed by atoms with Gasteiger partial charge >= 0.3 is 0 Å². The van der Waals surface area contributed by atoms with Crippen molar-refractivity contribution < 1.29 is 13.9 Å². The summed E-state index contributed by atoms with van der Waals surface area (Å²) in [5.74, 6) is 0.992. The Morgan fingerprint density at radius 1 is 1.32 bits per heavy atom. The Kier molecular flexibility index (Phi) is 6.35. The summed E-state index contributed by atoms with van der Waals surface area (Å²) in [6.07, 6.45) is 5.49. The first-order chi connectivity index (χ1) is 13.1. The minimum Gasteiger partial charge on any atom is -0.414 e. The Morgan fingerprint density at radius 3 is 2.75 bits per heavy atom. The molecule has 1 saturated heterocycles. The molecule has 0 aromatic carbocycles. The van der Waals surface area contributed by atoms with Gasteiger partial charge in [-0.25, -0.2) is 15.0 Å². The van der Waals surface area contributed by atoms with E-state index in [9.17, 15) is 0 Å². The van der Waals surface area contributed by atoms with Crippen LogP contribution in [0.4, 0.5) is 5.82 Å². The average molecular weight is 426 g/mol. The summed E-state index contributed by atoms with van der Waals surface area (Å²) in [5.41, 5.74) is 7.18. The first-order valence-electron chi connectivity index (χ1n) is 9.47. The second-order valence-electron chi connectivity index (χ2n) is 8.63. The maximum absolute atomic E-state index is 6.42. The van der Waals surface area contributed by atoms with Gasteiger partial charge in [0.05, 0.1) is 25.0 Å². The van der Waals surface area contributed by atoms with E-state index in [0.29, 0.717) is 35.9 Å². The lowest BCUT2D eigenvalue weighted by Gasteiger charge is -2.37. The molecule has 0 unspecified atom stereocenters. The van der Waals surface area contributed by atoms with Gasteiger partial charge in [-0.3, -0.25) is 4.57 Å². The normalized spacial score (nSPS) is 23.6. The molecule has 0 spiro atoms. The lowest BCUT2D eigenvalue weighted by molar-refractivity contribution is -0.0507. The molecule has 3 heterocycles. The molecule has 1 fully saturated rings. The zero-order valence-corrected chi connectivity index (χ0v) is 19.3. The molecule has 28 heavy (non-hydrogen) atoms. The van der Waals surface area contributed by atoms with Crippen LogP contribution in [0.5, 0.6) is 0 Å². The average Bonchev–Trinajstić information content (AvgIpc) is 3.21. The van der Waals surface area contributed by atoms with Gasteiger partial charge in [-0.2, -0.15) is 0 Å². The van der Waals surface area contributed by atoms with Gasteiger partial charge in [0.1, 0.15) is 24.2 Å². The Labute approximate surface area is 171 Å². The number of fused-ring (bicyclic) bond motifs is 1. The fraction of sp³-hybridized carbons (Fsp3) is 0.722. The van der Waals surface area contributed by atoms with Crippen LogP contribution in [0.2, 0.25) is 18.1 Å². The van der Waals surface area contributed by atoms with E-state index in [2.05, 4.69) is 48.8 Å². The van der Waals surface area contributed by atoms with E-state index in [1.165, 1.54) is 6.33 Å². The predicted octanol–water partition coefficient (Wildman–Crippen LogP) is 3.42. The minimum absolute atomic E-state index is 0.0427. The molecule has 1 aliphatic rings. The molecule has 0 saturated carbocycles. The van der Waals surface area contributed by atoms with Gasteiger partial charge in [-0.1, -0.05) is 20.8 Å². The highest BCUT2D eigenvalue weighted by atomic mass is 32.2. The Balaban J connectivity index is 1.77. The molecule has 0 radical (unpaired) electrons. The van der Waals surface area contributed by atoms with Gasteiger partial charge < -0.3 is 19.6 Å². The molecule has 2 N–H and O–H groups in total. The van der Waals surface area contributed by atoms with Crippen molar-refractivity contribution in [2.24, 2.45) is 0 Å². The van der Waals surface area contributed by atoms with Crippen molar-refractivity contribution >= 4 is 37.1 Å². The van der Waals surface area contributed by atoms with Crippen LogP contribution >= 0.6 is 11.8 Å². The molecular weight excluding hydrogens is 394 g/mol. The van der Waals surface area contributed by atoms with Crippen LogP contribution in [0.1, 0.15) is 33.4 Å². The number of hydrogen-bond donors (Lipinski definition) is 1. The quantitative estimate of drug-likeness (QED) is 0.532. The smallest absolute Gasteiger partial charge is 0.192 e. The molecule has 10 heteroatoms. The molecule has 3 rings (SSSR count). The number of hydrogen-bond acceptors (Lipinski definition) is 8. The van der Waals surface area contributed by atoms with Gasteiger partial charge in [-0.15, -0.1) is 11.8 Å². The molecule has 0 bridgehead atoms. The highest BCUT2D eigenvalue weighted by molar-refractivity contribution is 7.98. The lowest BCUT2D eigenvalue weighted by Crippen LogP contribution is -2.44. The number of ether oxygens (including phenoxy) is 2. The molecule has 3 atom stereocenters. The van der Waals surface area contributed by atoms with Crippen molar-refractivity contribution in [3.8, 4) is 0 Å². The number of nitrogens with zero attached hydrogens (tertiary/aromatic N) is 4. The zero-order chi connectivity index (χ0) is 20.5. The van der Waals surface area contributed by atoms with Crippen molar-refractivity contribution in [2.45, 2.75) is 63.8 Å². The summed E-state index contributed by atoms with van der Waals surface area (Å²) < 4.78 is 20.7. The Morgan fingerprint density at radius 2 is 2.07 bits per heavy atom. The van der Waals surface area contributed by atoms with Crippen LogP contribution in [-0.4, -0.2) is 58.8 Å². The Bertz CT molecular complexity index is 810. The number of aromatic nitrogens is 4. The van der Waals surface area contributed by atoms with Gasteiger partial charge in [0.2, 0.25) is 0 Å².